The number of anilines is 1. The maximum Gasteiger partial charge on any atom is 0.317 e. The van der Waals surface area contributed by atoms with Crippen LogP contribution in [0.25, 0.3) is 22.2 Å². The molecular formula is C27H34N6O3. The summed E-state index contributed by atoms with van der Waals surface area (Å²) < 4.78 is 7.43. The Morgan fingerprint density at radius 2 is 2.03 bits per heavy atom. The number of aryl methyl sites for hydroxylation is 1. The van der Waals surface area contributed by atoms with Crippen LogP contribution in [-0.4, -0.2) is 63.9 Å². The van der Waals surface area contributed by atoms with Gasteiger partial charge in [0.2, 0.25) is 5.95 Å². The normalized spacial score (nSPS) is 20.2. The number of fused-ring (bicyclic) bond motifs is 1. The molecule has 2 amide bonds. The molecular weight excluding hydrogens is 456 g/mol. The molecule has 190 valence electrons. The predicted molar refractivity (Wildman–Crippen MR) is 140 cm³/mol. The summed E-state index contributed by atoms with van der Waals surface area (Å²) in [5, 5.41) is 7.19. The van der Waals surface area contributed by atoms with Crippen molar-refractivity contribution in [3.63, 3.8) is 0 Å². The molecule has 0 saturated carbocycles. The van der Waals surface area contributed by atoms with Crippen molar-refractivity contribution in [1.29, 1.82) is 0 Å². The third kappa shape index (κ3) is 4.93. The van der Waals surface area contributed by atoms with Gasteiger partial charge in [0.15, 0.2) is 0 Å². The largest absolute Gasteiger partial charge is 0.379 e. The van der Waals surface area contributed by atoms with Crippen molar-refractivity contribution in [2.24, 2.45) is 0 Å². The number of ether oxygens (including phenoxy) is 1. The summed E-state index contributed by atoms with van der Waals surface area (Å²) in [6.07, 6.45) is 4.37. The summed E-state index contributed by atoms with van der Waals surface area (Å²) >= 11 is 0. The summed E-state index contributed by atoms with van der Waals surface area (Å²) in [4.78, 5) is 37.5. The van der Waals surface area contributed by atoms with Crippen molar-refractivity contribution in [1.82, 2.24) is 24.8 Å². The Hall–Kier alpha value is -3.46. The molecule has 9 heteroatoms. The number of hydrogen-bond donors (Lipinski definition) is 2. The Kier molecular flexibility index (Phi) is 6.91. The van der Waals surface area contributed by atoms with Gasteiger partial charge in [-0.1, -0.05) is 24.3 Å². The minimum atomic E-state index is -0.0726. The number of carbonyl (C=O) groups is 1. The highest BCUT2D eigenvalue weighted by atomic mass is 16.5. The van der Waals surface area contributed by atoms with Gasteiger partial charge in [0, 0.05) is 48.9 Å². The Morgan fingerprint density at radius 3 is 2.78 bits per heavy atom. The summed E-state index contributed by atoms with van der Waals surface area (Å²) in [6, 6.07) is 9.83. The van der Waals surface area contributed by atoms with Crippen LogP contribution in [0.4, 0.5) is 10.7 Å². The summed E-state index contributed by atoms with van der Waals surface area (Å²) in [5.41, 5.74) is 3.16. The Labute approximate surface area is 210 Å². The fraction of sp³-hybridized carbons (Fsp3) is 0.481. The zero-order valence-electron chi connectivity index (χ0n) is 21.2. The van der Waals surface area contributed by atoms with Crippen LogP contribution in [0.3, 0.4) is 0 Å². The summed E-state index contributed by atoms with van der Waals surface area (Å²) in [6.45, 7) is 8.36. The minimum Gasteiger partial charge on any atom is -0.379 e. The average Bonchev–Trinajstić information content (AvgIpc) is 3.38. The Balaban J connectivity index is 1.49. The van der Waals surface area contributed by atoms with Crippen LogP contribution in [0.15, 0.2) is 41.3 Å². The second-order valence-electron chi connectivity index (χ2n) is 10.1. The standard InChI is InChI=1S/C27H34N6O3/c1-17(2)29-27(35)32-11-6-8-20(15-32)30-26-28-14-19-13-23(22-9-5-4-7-18(22)3)25(34)33(24(19)31-26)21-10-12-36-16-21/h4-5,7,9,13-14,17,20-21H,6,8,10-12,15-16H2,1-3H3,(H,29,35)(H,28,30,31)/t20-,21+/m0/s1. The lowest BCUT2D eigenvalue weighted by Gasteiger charge is -2.33. The molecule has 2 aliphatic heterocycles. The second-order valence-corrected chi connectivity index (χ2v) is 10.1. The molecule has 0 spiro atoms. The molecule has 0 radical (unpaired) electrons. The number of amides is 2. The van der Waals surface area contributed by atoms with Crippen molar-refractivity contribution in [3.05, 3.63) is 52.4 Å². The first-order valence-electron chi connectivity index (χ1n) is 12.8. The van der Waals surface area contributed by atoms with Crippen LogP contribution >= 0.6 is 0 Å². The van der Waals surface area contributed by atoms with E-state index in [1.54, 1.807) is 10.8 Å². The van der Waals surface area contributed by atoms with Crippen molar-refractivity contribution in [2.45, 2.75) is 58.2 Å². The number of likely N-dealkylation sites (tertiary alicyclic amines) is 1. The van der Waals surface area contributed by atoms with Crippen LogP contribution in [0.5, 0.6) is 0 Å². The van der Waals surface area contributed by atoms with E-state index in [4.69, 9.17) is 9.72 Å². The van der Waals surface area contributed by atoms with E-state index in [9.17, 15) is 9.59 Å². The highest BCUT2D eigenvalue weighted by Gasteiger charge is 2.26. The molecule has 2 aromatic heterocycles. The van der Waals surface area contributed by atoms with E-state index in [-0.39, 0.29) is 29.7 Å². The van der Waals surface area contributed by atoms with Gasteiger partial charge in [0.05, 0.1) is 12.6 Å². The van der Waals surface area contributed by atoms with Gasteiger partial charge in [-0.25, -0.2) is 9.78 Å². The lowest BCUT2D eigenvalue weighted by Crippen LogP contribution is -2.50. The number of urea groups is 1. The third-order valence-corrected chi connectivity index (χ3v) is 6.93. The zero-order valence-corrected chi connectivity index (χ0v) is 21.2. The van der Waals surface area contributed by atoms with Crippen molar-refractivity contribution < 1.29 is 9.53 Å². The number of carbonyl (C=O) groups excluding carboxylic acids is 1. The zero-order chi connectivity index (χ0) is 25.2. The van der Waals surface area contributed by atoms with Crippen LogP contribution in [0.2, 0.25) is 0 Å². The van der Waals surface area contributed by atoms with Gasteiger partial charge in [-0.3, -0.25) is 9.36 Å². The molecule has 1 aromatic carbocycles. The SMILES string of the molecule is Cc1ccccc1-c1cc2cnc(N[C@H]3CCCN(C(=O)NC(C)C)C3)nc2n([C@@H]2CCOC2)c1=O. The van der Waals surface area contributed by atoms with Crippen LogP contribution in [0.1, 0.15) is 44.7 Å². The summed E-state index contributed by atoms with van der Waals surface area (Å²) in [5.74, 6) is 0.467. The van der Waals surface area contributed by atoms with Gasteiger partial charge < -0.3 is 20.3 Å². The number of hydrogen-bond acceptors (Lipinski definition) is 6. The Morgan fingerprint density at radius 1 is 1.19 bits per heavy atom. The van der Waals surface area contributed by atoms with E-state index in [1.165, 1.54) is 0 Å². The van der Waals surface area contributed by atoms with E-state index < -0.39 is 0 Å². The Bertz CT molecular complexity index is 1310. The molecule has 4 heterocycles. The van der Waals surface area contributed by atoms with Crippen molar-refractivity contribution >= 4 is 23.0 Å². The second kappa shape index (κ2) is 10.3. The van der Waals surface area contributed by atoms with E-state index in [0.717, 1.165) is 42.3 Å². The molecule has 2 saturated heterocycles. The predicted octanol–water partition coefficient (Wildman–Crippen LogP) is 3.72. The number of rotatable bonds is 5. The van der Waals surface area contributed by atoms with Crippen molar-refractivity contribution in [2.75, 3.05) is 31.6 Å². The van der Waals surface area contributed by atoms with E-state index in [1.807, 2.05) is 56.0 Å². The quantitative estimate of drug-likeness (QED) is 0.565. The van der Waals surface area contributed by atoms with Gasteiger partial charge in [0.25, 0.3) is 5.56 Å². The highest BCUT2D eigenvalue weighted by Crippen LogP contribution is 2.28. The number of aromatic nitrogens is 3. The fourth-order valence-corrected chi connectivity index (χ4v) is 5.12. The van der Waals surface area contributed by atoms with Gasteiger partial charge in [-0.2, -0.15) is 4.98 Å². The number of nitrogens with zero attached hydrogens (tertiary/aromatic N) is 4. The monoisotopic (exact) mass is 490 g/mol. The lowest BCUT2D eigenvalue weighted by atomic mass is 10.0. The molecule has 9 nitrogen and oxygen atoms in total. The number of pyridine rings is 1. The molecule has 2 fully saturated rings. The van der Waals surface area contributed by atoms with Crippen LogP contribution in [0, 0.1) is 6.92 Å². The number of nitrogens with one attached hydrogen (secondary N) is 2. The molecule has 2 aliphatic rings. The molecule has 2 atom stereocenters. The lowest BCUT2D eigenvalue weighted by molar-refractivity contribution is 0.180. The topological polar surface area (TPSA) is 101 Å². The molecule has 0 aliphatic carbocycles. The van der Waals surface area contributed by atoms with Crippen LogP contribution < -0.4 is 16.2 Å². The number of benzene rings is 1. The molecule has 36 heavy (non-hydrogen) atoms. The number of piperidine rings is 1. The molecule has 0 bridgehead atoms. The van der Waals surface area contributed by atoms with Gasteiger partial charge in [0.1, 0.15) is 5.65 Å². The fourth-order valence-electron chi connectivity index (χ4n) is 5.12. The first-order valence-corrected chi connectivity index (χ1v) is 12.8. The maximum absolute atomic E-state index is 13.8. The van der Waals surface area contributed by atoms with E-state index in [2.05, 4.69) is 15.6 Å². The van der Waals surface area contributed by atoms with E-state index in [0.29, 0.717) is 36.9 Å². The molecule has 2 N–H and O–H groups in total. The molecule has 0 unspecified atom stereocenters. The minimum absolute atomic E-state index is 0.0374. The highest BCUT2D eigenvalue weighted by molar-refractivity contribution is 5.82. The average molecular weight is 491 g/mol. The van der Waals surface area contributed by atoms with Gasteiger partial charge in [-0.05, 0) is 57.2 Å². The third-order valence-electron chi connectivity index (χ3n) is 6.93. The smallest absolute Gasteiger partial charge is 0.317 e. The summed E-state index contributed by atoms with van der Waals surface area (Å²) in [7, 11) is 0. The molecule has 5 rings (SSSR count). The van der Waals surface area contributed by atoms with E-state index >= 15 is 0 Å². The first kappa shape index (κ1) is 24.2. The van der Waals surface area contributed by atoms with Crippen LogP contribution in [-0.2, 0) is 4.74 Å². The van der Waals surface area contributed by atoms with Gasteiger partial charge in [-0.15, -0.1) is 0 Å². The maximum atomic E-state index is 13.8. The first-order chi connectivity index (χ1) is 17.4. The van der Waals surface area contributed by atoms with Crippen molar-refractivity contribution in [3.8, 4) is 11.1 Å². The van der Waals surface area contributed by atoms with Gasteiger partial charge >= 0.3 is 6.03 Å². The molecule has 3 aromatic rings.